The molecular formula is C24H31FN2O3. The summed E-state index contributed by atoms with van der Waals surface area (Å²) in [6.07, 6.45) is 7.92. The molecule has 0 unspecified atom stereocenters. The monoisotopic (exact) mass is 414 g/mol. The van der Waals surface area contributed by atoms with Gasteiger partial charge in [-0.15, -0.1) is 0 Å². The predicted molar refractivity (Wildman–Crippen MR) is 110 cm³/mol. The van der Waals surface area contributed by atoms with Crippen LogP contribution in [0.1, 0.15) is 68.6 Å². The standard InChI is InChI=1S/C24H31FN2O3/c1-15-8-10-24(11-9-15)27(23(29)18-4-2-3-5-19(18)25)21(14-30-24)22(28)26-20-13-16-6-7-17(20)12-16/h2-5,15-17,20-21H,6-14H2,1H3,(H,26,28)/t15?,16-,17-,20-,21+,24?/m0/s1. The zero-order valence-electron chi connectivity index (χ0n) is 17.6. The zero-order chi connectivity index (χ0) is 20.9. The number of hydrogen-bond donors (Lipinski definition) is 1. The molecule has 6 heteroatoms. The molecule has 3 saturated carbocycles. The highest BCUT2D eigenvalue weighted by Gasteiger charge is 2.54. The van der Waals surface area contributed by atoms with Gasteiger partial charge in [0, 0.05) is 6.04 Å². The topological polar surface area (TPSA) is 58.6 Å². The van der Waals surface area contributed by atoms with Gasteiger partial charge >= 0.3 is 0 Å². The van der Waals surface area contributed by atoms with Crippen LogP contribution in [0, 0.1) is 23.6 Å². The van der Waals surface area contributed by atoms with Gasteiger partial charge in [0.1, 0.15) is 17.6 Å². The summed E-state index contributed by atoms with van der Waals surface area (Å²) in [6, 6.07) is 5.52. The van der Waals surface area contributed by atoms with E-state index in [-0.39, 0.29) is 24.1 Å². The number of nitrogens with one attached hydrogen (secondary N) is 1. The number of nitrogens with zero attached hydrogens (tertiary/aromatic N) is 1. The van der Waals surface area contributed by atoms with Crippen molar-refractivity contribution in [1.82, 2.24) is 10.2 Å². The summed E-state index contributed by atoms with van der Waals surface area (Å²) in [5, 5.41) is 3.23. The maximum atomic E-state index is 14.5. The summed E-state index contributed by atoms with van der Waals surface area (Å²) < 4.78 is 20.7. The second-order valence-electron chi connectivity index (χ2n) is 9.90. The van der Waals surface area contributed by atoms with E-state index in [1.54, 1.807) is 17.0 Å². The highest BCUT2D eigenvalue weighted by molar-refractivity contribution is 5.98. The van der Waals surface area contributed by atoms with Crippen LogP contribution in [-0.2, 0) is 9.53 Å². The van der Waals surface area contributed by atoms with Gasteiger partial charge in [-0.3, -0.25) is 14.5 Å². The van der Waals surface area contributed by atoms with Crippen LogP contribution in [0.25, 0.3) is 0 Å². The van der Waals surface area contributed by atoms with Gasteiger partial charge in [-0.25, -0.2) is 4.39 Å². The first-order valence-corrected chi connectivity index (χ1v) is 11.5. The number of hydrogen-bond acceptors (Lipinski definition) is 3. The quantitative estimate of drug-likeness (QED) is 0.817. The highest BCUT2D eigenvalue weighted by Crippen LogP contribution is 2.46. The number of carbonyl (C=O) groups is 2. The Morgan fingerprint density at radius 2 is 1.90 bits per heavy atom. The first-order chi connectivity index (χ1) is 14.5. The third-order valence-electron chi connectivity index (χ3n) is 8.01. The van der Waals surface area contributed by atoms with Gasteiger partial charge in [-0.1, -0.05) is 25.5 Å². The van der Waals surface area contributed by atoms with Crippen LogP contribution >= 0.6 is 0 Å². The van der Waals surface area contributed by atoms with Crippen molar-refractivity contribution in [2.45, 2.75) is 76.1 Å². The lowest BCUT2D eigenvalue weighted by Crippen LogP contribution is -2.58. The summed E-state index contributed by atoms with van der Waals surface area (Å²) in [5.41, 5.74) is -0.790. The van der Waals surface area contributed by atoms with Gasteiger partial charge in [0.05, 0.1) is 12.2 Å². The summed E-state index contributed by atoms with van der Waals surface area (Å²) in [5.74, 6) is 0.706. The molecule has 3 aliphatic carbocycles. The van der Waals surface area contributed by atoms with Crippen molar-refractivity contribution in [1.29, 1.82) is 0 Å². The number of benzene rings is 1. The van der Waals surface area contributed by atoms with Crippen molar-refractivity contribution >= 4 is 11.8 Å². The molecule has 4 fully saturated rings. The SMILES string of the molecule is CC1CCC2(CC1)OC[C@H](C(=O)N[C@H]1C[C@H]3CC[C@H]1C3)N2C(=O)c1ccccc1F. The Hall–Kier alpha value is -1.95. The number of rotatable bonds is 3. The second kappa shape index (κ2) is 7.63. The zero-order valence-corrected chi connectivity index (χ0v) is 17.6. The van der Waals surface area contributed by atoms with Gasteiger partial charge in [-0.05, 0) is 74.8 Å². The van der Waals surface area contributed by atoms with E-state index in [4.69, 9.17) is 4.74 Å². The summed E-state index contributed by atoms with van der Waals surface area (Å²) in [7, 11) is 0. The third-order valence-corrected chi connectivity index (χ3v) is 8.01. The Labute approximate surface area is 177 Å². The molecule has 0 radical (unpaired) electrons. The molecule has 0 aromatic heterocycles. The molecule has 2 bridgehead atoms. The van der Waals surface area contributed by atoms with Gasteiger partial charge in [0.25, 0.3) is 5.91 Å². The van der Waals surface area contributed by atoms with Crippen LogP contribution in [-0.4, -0.2) is 41.1 Å². The average Bonchev–Trinajstić information content (AvgIpc) is 3.45. The molecule has 2 amide bonds. The number of fused-ring (bicyclic) bond motifs is 2. The molecule has 1 saturated heterocycles. The van der Waals surface area contributed by atoms with E-state index in [9.17, 15) is 14.0 Å². The Morgan fingerprint density at radius 3 is 2.57 bits per heavy atom. The molecule has 4 aliphatic rings. The van der Waals surface area contributed by atoms with Crippen molar-refractivity contribution in [3.05, 3.63) is 35.6 Å². The van der Waals surface area contributed by atoms with Gasteiger partial charge in [-0.2, -0.15) is 0 Å². The average molecular weight is 415 g/mol. The lowest BCUT2D eigenvalue weighted by Gasteiger charge is -2.43. The van der Waals surface area contributed by atoms with E-state index in [2.05, 4.69) is 12.2 Å². The van der Waals surface area contributed by atoms with Crippen molar-refractivity contribution in [3.63, 3.8) is 0 Å². The Kier molecular flexibility index (Phi) is 5.08. The Bertz CT molecular complexity index is 835. The Morgan fingerprint density at radius 1 is 1.13 bits per heavy atom. The fraction of sp³-hybridized carbons (Fsp3) is 0.667. The maximum absolute atomic E-state index is 14.5. The van der Waals surface area contributed by atoms with E-state index in [1.165, 1.54) is 31.4 Å². The number of amides is 2. The highest BCUT2D eigenvalue weighted by atomic mass is 19.1. The first kappa shape index (κ1) is 20.0. The predicted octanol–water partition coefficient (Wildman–Crippen LogP) is 3.88. The molecule has 1 aliphatic heterocycles. The lowest BCUT2D eigenvalue weighted by atomic mass is 9.83. The van der Waals surface area contributed by atoms with E-state index in [0.717, 1.165) is 25.2 Å². The summed E-state index contributed by atoms with van der Waals surface area (Å²) in [6.45, 7) is 2.38. The van der Waals surface area contributed by atoms with Crippen LogP contribution in [0.3, 0.4) is 0 Å². The molecule has 1 heterocycles. The number of ether oxygens (including phenoxy) is 1. The van der Waals surface area contributed by atoms with Crippen LogP contribution in [0.2, 0.25) is 0 Å². The van der Waals surface area contributed by atoms with Crippen molar-refractivity contribution < 1.29 is 18.7 Å². The molecule has 1 spiro atoms. The van der Waals surface area contributed by atoms with Crippen molar-refractivity contribution in [2.75, 3.05) is 6.61 Å². The minimum Gasteiger partial charge on any atom is -0.353 e. The van der Waals surface area contributed by atoms with Gasteiger partial charge in [0.2, 0.25) is 5.91 Å². The van der Waals surface area contributed by atoms with Crippen molar-refractivity contribution in [3.8, 4) is 0 Å². The second-order valence-corrected chi connectivity index (χ2v) is 9.90. The van der Waals surface area contributed by atoms with Crippen LogP contribution in [0.5, 0.6) is 0 Å². The molecule has 30 heavy (non-hydrogen) atoms. The third kappa shape index (κ3) is 3.33. The smallest absolute Gasteiger partial charge is 0.259 e. The summed E-state index contributed by atoms with van der Waals surface area (Å²) in [4.78, 5) is 28.4. The minimum absolute atomic E-state index is 0.0127. The van der Waals surface area contributed by atoms with Crippen LogP contribution < -0.4 is 5.32 Å². The maximum Gasteiger partial charge on any atom is 0.259 e. The summed E-state index contributed by atoms with van der Waals surface area (Å²) >= 11 is 0. The largest absolute Gasteiger partial charge is 0.353 e. The number of carbonyl (C=O) groups excluding carboxylic acids is 2. The van der Waals surface area contributed by atoms with Gasteiger partial charge in [0.15, 0.2) is 0 Å². The molecule has 1 N–H and O–H groups in total. The minimum atomic E-state index is -0.803. The van der Waals surface area contributed by atoms with E-state index < -0.39 is 23.5 Å². The molecular weight excluding hydrogens is 383 g/mol. The van der Waals surface area contributed by atoms with Crippen LogP contribution in [0.4, 0.5) is 4.39 Å². The molecule has 5 rings (SSSR count). The molecule has 1 aromatic rings. The van der Waals surface area contributed by atoms with Crippen molar-refractivity contribution in [2.24, 2.45) is 17.8 Å². The fourth-order valence-electron chi connectivity index (χ4n) is 6.24. The van der Waals surface area contributed by atoms with E-state index in [1.807, 2.05) is 0 Å². The molecule has 162 valence electrons. The van der Waals surface area contributed by atoms with E-state index in [0.29, 0.717) is 24.7 Å². The molecule has 1 aromatic carbocycles. The molecule has 5 nitrogen and oxygen atoms in total. The fourth-order valence-corrected chi connectivity index (χ4v) is 6.24. The first-order valence-electron chi connectivity index (χ1n) is 11.5. The van der Waals surface area contributed by atoms with Gasteiger partial charge < -0.3 is 10.1 Å². The van der Waals surface area contributed by atoms with E-state index >= 15 is 0 Å². The molecule has 4 atom stereocenters. The lowest BCUT2D eigenvalue weighted by molar-refractivity contribution is -0.128. The normalized spacial score (nSPS) is 37.7. The Balaban J connectivity index is 1.41. The van der Waals surface area contributed by atoms with Crippen LogP contribution in [0.15, 0.2) is 24.3 Å². The number of halogens is 1.